The number of pyridine rings is 2. The van der Waals surface area contributed by atoms with E-state index in [9.17, 15) is 20.3 Å². The zero-order chi connectivity index (χ0) is 37.1. The van der Waals surface area contributed by atoms with E-state index in [0.717, 1.165) is 81.6 Å². The fraction of sp³-hybridized carbons (Fsp3) is 0.310. The first-order valence-electron chi connectivity index (χ1n) is 18.1. The van der Waals surface area contributed by atoms with Crippen molar-refractivity contribution in [3.05, 3.63) is 101 Å². The fourth-order valence-corrected chi connectivity index (χ4v) is 7.35. The van der Waals surface area contributed by atoms with Crippen LogP contribution < -0.4 is 5.32 Å². The Morgan fingerprint density at radius 2 is 1.85 bits per heavy atom. The number of nitrogens with one attached hydrogen (secondary N) is 1. The van der Waals surface area contributed by atoms with E-state index in [1.54, 1.807) is 6.20 Å². The molecule has 0 spiro atoms. The van der Waals surface area contributed by atoms with E-state index in [2.05, 4.69) is 65.1 Å². The quantitative estimate of drug-likeness (QED) is 0.110. The highest BCUT2D eigenvalue weighted by atomic mass is 16.4. The van der Waals surface area contributed by atoms with Gasteiger partial charge in [-0.2, -0.15) is 5.26 Å². The number of oxazole rings is 1. The lowest BCUT2D eigenvalue weighted by molar-refractivity contribution is -0.141. The van der Waals surface area contributed by atoms with E-state index in [1.165, 1.54) is 0 Å². The minimum Gasteiger partial charge on any atom is -0.481 e. The molecule has 1 saturated heterocycles. The molecule has 11 nitrogen and oxygen atoms in total. The summed E-state index contributed by atoms with van der Waals surface area (Å²) in [7, 11) is 0. The number of nitrogens with zero attached hydrogens (tertiary/aromatic N) is 6. The lowest BCUT2D eigenvalue weighted by Crippen LogP contribution is -2.24. The number of aliphatic hydroxyl groups excluding tert-OH is 1. The second-order valence-electron chi connectivity index (χ2n) is 13.8. The zero-order valence-electron chi connectivity index (χ0n) is 30.3. The normalized spacial score (nSPS) is 14.7. The van der Waals surface area contributed by atoms with E-state index in [1.807, 2.05) is 48.7 Å². The van der Waals surface area contributed by atoms with Crippen molar-refractivity contribution < 1.29 is 19.4 Å². The SMILES string of the molecule is CCN(CCCO)Cc1cnc2c(Nc3cccc(-c4cccc(-c5nc6cc(CN7CC[C@@H](C(=O)O)C7)cc(C#N)c6o5)c4C)c3C)nccc2c1. The highest BCUT2D eigenvalue weighted by Gasteiger charge is 2.28. The molecule has 3 aromatic carbocycles. The van der Waals surface area contributed by atoms with Crippen LogP contribution in [-0.2, 0) is 17.9 Å². The van der Waals surface area contributed by atoms with Crippen molar-refractivity contribution in [2.24, 2.45) is 5.92 Å². The number of anilines is 2. The third kappa shape index (κ3) is 7.48. The van der Waals surface area contributed by atoms with Gasteiger partial charge in [0.1, 0.15) is 17.1 Å². The summed E-state index contributed by atoms with van der Waals surface area (Å²) in [6, 6.07) is 22.4. The van der Waals surface area contributed by atoms with Gasteiger partial charge in [0.2, 0.25) is 5.89 Å². The van der Waals surface area contributed by atoms with Crippen LogP contribution in [0.1, 0.15) is 47.6 Å². The number of carboxylic acids is 1. The number of likely N-dealkylation sites (tertiary alicyclic amines) is 1. The summed E-state index contributed by atoms with van der Waals surface area (Å²) < 4.78 is 6.28. The second-order valence-corrected chi connectivity index (χ2v) is 13.8. The minimum absolute atomic E-state index is 0.183. The Balaban J connectivity index is 1.16. The minimum atomic E-state index is -0.767. The molecular formula is C42H43N7O4. The van der Waals surface area contributed by atoms with E-state index in [-0.39, 0.29) is 12.5 Å². The lowest BCUT2D eigenvalue weighted by Gasteiger charge is -2.20. The van der Waals surface area contributed by atoms with Crippen molar-refractivity contribution in [1.29, 1.82) is 5.26 Å². The number of carboxylic acid groups (broad SMARTS) is 1. The third-order valence-electron chi connectivity index (χ3n) is 10.3. The number of aliphatic carboxylic acids is 1. The van der Waals surface area contributed by atoms with Gasteiger partial charge in [0.15, 0.2) is 11.4 Å². The first-order chi connectivity index (χ1) is 25.8. The van der Waals surface area contributed by atoms with Crippen LogP contribution in [0.3, 0.4) is 0 Å². The van der Waals surface area contributed by atoms with Gasteiger partial charge in [0, 0.05) is 61.8 Å². The zero-order valence-corrected chi connectivity index (χ0v) is 30.3. The van der Waals surface area contributed by atoms with Crippen LogP contribution in [0.2, 0.25) is 0 Å². The Bertz CT molecular complexity index is 2350. The average Bonchev–Trinajstić information content (AvgIpc) is 3.82. The average molecular weight is 710 g/mol. The topological polar surface area (TPSA) is 152 Å². The Kier molecular flexibility index (Phi) is 10.5. The summed E-state index contributed by atoms with van der Waals surface area (Å²) in [5, 5.41) is 33.2. The number of hydrogen-bond acceptors (Lipinski definition) is 10. The van der Waals surface area contributed by atoms with Crippen LogP contribution in [0, 0.1) is 31.1 Å². The number of nitriles is 1. The van der Waals surface area contributed by atoms with Crippen LogP contribution >= 0.6 is 0 Å². The molecule has 3 N–H and O–H groups in total. The first-order valence-corrected chi connectivity index (χ1v) is 18.1. The molecule has 1 aliphatic rings. The van der Waals surface area contributed by atoms with Gasteiger partial charge in [-0.05, 0) is 110 Å². The Labute approximate surface area is 308 Å². The summed E-state index contributed by atoms with van der Waals surface area (Å²) in [4.78, 5) is 30.2. The first kappa shape index (κ1) is 35.7. The van der Waals surface area contributed by atoms with Gasteiger partial charge >= 0.3 is 5.97 Å². The number of carbonyl (C=O) groups is 1. The number of aromatic nitrogens is 3. The Morgan fingerprint density at radius 1 is 1.06 bits per heavy atom. The van der Waals surface area contributed by atoms with Gasteiger partial charge in [-0.25, -0.2) is 9.97 Å². The molecule has 0 radical (unpaired) electrons. The van der Waals surface area contributed by atoms with E-state index < -0.39 is 5.97 Å². The summed E-state index contributed by atoms with van der Waals surface area (Å²) >= 11 is 0. The maximum atomic E-state index is 11.5. The predicted molar refractivity (Wildman–Crippen MR) is 206 cm³/mol. The molecule has 270 valence electrons. The van der Waals surface area contributed by atoms with Crippen molar-refractivity contribution in [1.82, 2.24) is 24.8 Å². The number of benzene rings is 3. The molecule has 1 aliphatic heterocycles. The lowest BCUT2D eigenvalue weighted by atomic mass is 9.93. The van der Waals surface area contributed by atoms with Crippen molar-refractivity contribution in [2.45, 2.75) is 46.7 Å². The van der Waals surface area contributed by atoms with Crippen molar-refractivity contribution in [3.63, 3.8) is 0 Å². The summed E-state index contributed by atoms with van der Waals surface area (Å²) in [6.07, 6.45) is 5.07. The molecule has 6 aromatic rings. The molecule has 1 atom stereocenters. The van der Waals surface area contributed by atoms with Crippen LogP contribution in [0.15, 0.2) is 77.5 Å². The molecule has 1 fully saturated rings. The van der Waals surface area contributed by atoms with Gasteiger partial charge in [-0.15, -0.1) is 0 Å². The maximum Gasteiger partial charge on any atom is 0.307 e. The molecule has 0 aliphatic carbocycles. The van der Waals surface area contributed by atoms with E-state index in [0.29, 0.717) is 54.4 Å². The summed E-state index contributed by atoms with van der Waals surface area (Å²) in [5.41, 5.74) is 10.1. The van der Waals surface area contributed by atoms with Crippen molar-refractivity contribution in [3.8, 4) is 28.7 Å². The Hall–Kier alpha value is -5.67. The third-order valence-corrected chi connectivity index (χ3v) is 10.3. The highest BCUT2D eigenvalue weighted by molar-refractivity contribution is 5.91. The van der Waals surface area contributed by atoms with Crippen LogP contribution in [0.25, 0.3) is 44.6 Å². The molecule has 7 rings (SSSR count). The standard InChI is InChI=1S/C42H43N7O4/c1-4-48(15-7-17-50)24-29-19-30-12-14-44-40(38(30)45-22-29)46-36-11-6-9-34(27(36)3)33-8-5-10-35(26(33)2)41-47-37-20-28(18-32(21-43)39(37)53-41)23-49-16-13-31(25-49)42(51)52/h5-6,8-12,14,18-20,22,31,50H,4,7,13,15-17,23-25H2,1-3H3,(H,44,46)(H,51,52)/t31-/m1/s1. The smallest absolute Gasteiger partial charge is 0.307 e. The van der Waals surface area contributed by atoms with Crippen LogP contribution in [0.4, 0.5) is 11.5 Å². The van der Waals surface area contributed by atoms with Crippen molar-refractivity contribution in [2.75, 3.05) is 38.1 Å². The van der Waals surface area contributed by atoms with E-state index >= 15 is 0 Å². The predicted octanol–water partition coefficient (Wildman–Crippen LogP) is 7.45. The fourth-order valence-electron chi connectivity index (χ4n) is 7.35. The second kappa shape index (κ2) is 15.5. The van der Waals surface area contributed by atoms with Gasteiger partial charge in [0.05, 0.1) is 11.5 Å². The molecule has 11 heteroatoms. The maximum absolute atomic E-state index is 11.5. The van der Waals surface area contributed by atoms with Gasteiger partial charge < -0.3 is 19.9 Å². The molecule has 0 bridgehead atoms. The van der Waals surface area contributed by atoms with Gasteiger partial charge in [-0.3, -0.25) is 19.6 Å². The monoisotopic (exact) mass is 709 g/mol. The highest BCUT2D eigenvalue weighted by Crippen LogP contribution is 2.38. The molecule has 0 unspecified atom stereocenters. The molecule has 4 heterocycles. The van der Waals surface area contributed by atoms with E-state index in [4.69, 9.17) is 14.4 Å². The summed E-state index contributed by atoms with van der Waals surface area (Å²) in [6.45, 7) is 10.7. The number of hydrogen-bond donors (Lipinski definition) is 3. The number of fused-ring (bicyclic) bond motifs is 2. The van der Waals surface area contributed by atoms with Crippen molar-refractivity contribution >= 4 is 39.5 Å². The summed E-state index contributed by atoms with van der Waals surface area (Å²) in [5.74, 6) is -0.0162. The molecule has 0 amide bonds. The van der Waals surface area contributed by atoms with Crippen LogP contribution in [-0.4, -0.2) is 73.7 Å². The molecular weight excluding hydrogens is 667 g/mol. The van der Waals surface area contributed by atoms with Gasteiger partial charge in [0.25, 0.3) is 0 Å². The van der Waals surface area contributed by atoms with Gasteiger partial charge in [-0.1, -0.05) is 31.2 Å². The number of aliphatic hydroxyl groups is 1. The molecule has 0 saturated carbocycles. The largest absolute Gasteiger partial charge is 0.481 e. The number of rotatable bonds is 13. The molecule has 53 heavy (non-hydrogen) atoms. The van der Waals surface area contributed by atoms with Crippen LogP contribution in [0.5, 0.6) is 0 Å². The Morgan fingerprint density at radius 3 is 2.60 bits per heavy atom. The molecule has 3 aromatic heterocycles.